The summed E-state index contributed by atoms with van der Waals surface area (Å²) in [6.45, 7) is 3.77. The molecule has 0 aliphatic heterocycles. The molecule has 1 N–H and O–H groups in total. The molecule has 0 saturated heterocycles. The Morgan fingerprint density at radius 1 is 1.32 bits per heavy atom. The Bertz CT molecular complexity index is 404. The van der Waals surface area contributed by atoms with Gasteiger partial charge in [0.1, 0.15) is 0 Å². The molecule has 0 spiro atoms. The summed E-state index contributed by atoms with van der Waals surface area (Å²) in [5.74, 6) is 0.0313. The predicted molar refractivity (Wildman–Crippen MR) is 74.6 cm³/mol. The number of hydrogen-bond acceptors (Lipinski definition) is 3. The van der Waals surface area contributed by atoms with Crippen LogP contribution >= 0.6 is 0 Å². The summed E-state index contributed by atoms with van der Waals surface area (Å²) >= 11 is 0. The Morgan fingerprint density at radius 3 is 2.84 bits per heavy atom. The van der Waals surface area contributed by atoms with E-state index in [1.807, 2.05) is 24.3 Å². The minimum atomic E-state index is 0.0313. The zero-order chi connectivity index (χ0) is 13.9. The van der Waals surface area contributed by atoms with Crippen LogP contribution in [0.3, 0.4) is 0 Å². The van der Waals surface area contributed by atoms with Gasteiger partial charge in [-0.1, -0.05) is 38.0 Å². The maximum atomic E-state index is 11.8. The van der Waals surface area contributed by atoms with Crippen LogP contribution in [0.5, 0.6) is 0 Å². The normalized spacial score (nSPS) is 9.95. The van der Waals surface area contributed by atoms with Gasteiger partial charge in [-0.15, -0.1) is 0 Å². The highest BCUT2D eigenvalue weighted by molar-refractivity contribution is 5.91. The van der Waals surface area contributed by atoms with Crippen LogP contribution in [0.25, 0.3) is 0 Å². The van der Waals surface area contributed by atoms with E-state index in [4.69, 9.17) is 0 Å². The fourth-order valence-electron chi connectivity index (χ4n) is 1.81. The Labute approximate surface area is 114 Å². The molecular formula is C15H20NO3. The second-order valence-electron chi connectivity index (χ2n) is 4.34. The molecule has 1 aromatic carbocycles. The molecule has 0 bridgehead atoms. The van der Waals surface area contributed by atoms with Gasteiger partial charge in [-0.25, -0.2) is 4.79 Å². The molecule has 103 valence electrons. The first-order valence-electron chi connectivity index (χ1n) is 6.64. The SMILES string of the molecule is CCCCCC(=O)Nc1ccccc1CCO[C]=O. The number of nitrogens with one attached hydrogen (secondary N) is 1. The average molecular weight is 262 g/mol. The van der Waals surface area contributed by atoms with Gasteiger partial charge in [0.15, 0.2) is 0 Å². The van der Waals surface area contributed by atoms with Gasteiger partial charge in [0.25, 0.3) is 0 Å². The van der Waals surface area contributed by atoms with E-state index < -0.39 is 0 Å². The molecule has 4 heteroatoms. The van der Waals surface area contributed by atoms with E-state index in [0.29, 0.717) is 12.8 Å². The number of para-hydroxylation sites is 1. The number of rotatable bonds is 9. The number of carbonyl (C=O) groups is 1. The van der Waals surface area contributed by atoms with E-state index in [1.165, 1.54) is 6.47 Å². The highest BCUT2D eigenvalue weighted by Gasteiger charge is 2.06. The molecule has 0 aromatic heterocycles. The van der Waals surface area contributed by atoms with E-state index in [0.717, 1.165) is 30.5 Å². The number of ether oxygens (including phenoxy) is 1. The maximum absolute atomic E-state index is 11.8. The molecule has 1 amide bonds. The molecule has 19 heavy (non-hydrogen) atoms. The van der Waals surface area contributed by atoms with E-state index >= 15 is 0 Å². The summed E-state index contributed by atoms with van der Waals surface area (Å²) < 4.78 is 4.56. The van der Waals surface area contributed by atoms with Crippen LogP contribution in [-0.4, -0.2) is 19.0 Å². The topological polar surface area (TPSA) is 55.4 Å². The number of unbranched alkanes of at least 4 members (excludes halogenated alkanes) is 2. The van der Waals surface area contributed by atoms with Gasteiger partial charge < -0.3 is 10.1 Å². The van der Waals surface area contributed by atoms with Crippen LogP contribution in [0.2, 0.25) is 0 Å². The van der Waals surface area contributed by atoms with Crippen molar-refractivity contribution < 1.29 is 14.3 Å². The smallest absolute Gasteiger partial charge is 0.417 e. The van der Waals surface area contributed by atoms with Crippen LogP contribution in [0.4, 0.5) is 5.69 Å². The van der Waals surface area contributed by atoms with Crippen molar-refractivity contribution in [2.24, 2.45) is 0 Å². The monoisotopic (exact) mass is 262 g/mol. The summed E-state index contributed by atoms with van der Waals surface area (Å²) in [6.07, 6.45) is 4.19. The summed E-state index contributed by atoms with van der Waals surface area (Å²) in [7, 11) is 0. The van der Waals surface area contributed by atoms with E-state index in [-0.39, 0.29) is 12.5 Å². The van der Waals surface area contributed by atoms with Crippen molar-refractivity contribution >= 4 is 18.1 Å². The summed E-state index contributed by atoms with van der Waals surface area (Å²) in [5, 5.41) is 2.90. The van der Waals surface area contributed by atoms with Crippen LogP contribution in [0.15, 0.2) is 24.3 Å². The van der Waals surface area contributed by atoms with Gasteiger partial charge in [-0.2, -0.15) is 0 Å². The van der Waals surface area contributed by atoms with Crippen LogP contribution in [0.1, 0.15) is 38.2 Å². The molecule has 1 aromatic rings. The lowest BCUT2D eigenvalue weighted by Crippen LogP contribution is -2.13. The lowest BCUT2D eigenvalue weighted by atomic mass is 10.1. The Morgan fingerprint density at radius 2 is 2.11 bits per heavy atom. The first-order chi connectivity index (χ1) is 9.27. The largest absolute Gasteiger partial charge is 0.457 e. The van der Waals surface area contributed by atoms with Crippen LogP contribution in [0, 0.1) is 0 Å². The van der Waals surface area contributed by atoms with E-state index in [2.05, 4.69) is 17.0 Å². The molecule has 4 nitrogen and oxygen atoms in total. The fraction of sp³-hybridized carbons (Fsp3) is 0.467. The highest BCUT2D eigenvalue weighted by atomic mass is 16.5. The Hall–Kier alpha value is -1.84. The summed E-state index contributed by atoms with van der Waals surface area (Å²) in [5.41, 5.74) is 1.75. The van der Waals surface area contributed by atoms with Gasteiger partial charge >= 0.3 is 6.47 Å². The van der Waals surface area contributed by atoms with Crippen molar-refractivity contribution in [3.63, 3.8) is 0 Å². The lowest BCUT2D eigenvalue weighted by molar-refractivity contribution is -0.116. The quantitative estimate of drug-likeness (QED) is 0.696. The van der Waals surface area contributed by atoms with Crippen molar-refractivity contribution in [1.29, 1.82) is 0 Å². The molecular weight excluding hydrogens is 242 g/mol. The first kappa shape index (κ1) is 15.2. The van der Waals surface area contributed by atoms with Crippen molar-refractivity contribution in [3.05, 3.63) is 29.8 Å². The molecule has 0 atom stereocenters. The second kappa shape index (κ2) is 9.14. The summed E-state index contributed by atoms with van der Waals surface area (Å²) in [4.78, 5) is 21.8. The highest BCUT2D eigenvalue weighted by Crippen LogP contribution is 2.16. The molecule has 1 rings (SSSR count). The molecule has 0 saturated carbocycles. The third-order valence-electron chi connectivity index (χ3n) is 2.83. The molecule has 0 fully saturated rings. The van der Waals surface area contributed by atoms with Gasteiger partial charge in [0.05, 0.1) is 6.61 Å². The first-order valence-corrected chi connectivity index (χ1v) is 6.64. The maximum Gasteiger partial charge on any atom is 0.417 e. The number of hydrogen-bond donors (Lipinski definition) is 1. The molecule has 0 unspecified atom stereocenters. The fourth-order valence-corrected chi connectivity index (χ4v) is 1.81. The van der Waals surface area contributed by atoms with Crippen molar-refractivity contribution in [2.75, 3.05) is 11.9 Å². The lowest BCUT2D eigenvalue weighted by Gasteiger charge is -2.10. The number of carbonyl (C=O) groups excluding carboxylic acids is 2. The van der Waals surface area contributed by atoms with Crippen molar-refractivity contribution in [3.8, 4) is 0 Å². The molecule has 0 heterocycles. The van der Waals surface area contributed by atoms with Crippen molar-refractivity contribution in [1.82, 2.24) is 0 Å². The average Bonchev–Trinajstić information content (AvgIpc) is 2.41. The summed E-state index contributed by atoms with van der Waals surface area (Å²) in [6, 6.07) is 7.54. The predicted octanol–water partition coefficient (Wildman–Crippen LogP) is 2.83. The minimum Gasteiger partial charge on any atom is -0.457 e. The van der Waals surface area contributed by atoms with E-state index in [9.17, 15) is 9.59 Å². The van der Waals surface area contributed by atoms with Gasteiger partial charge in [-0.05, 0) is 18.1 Å². The van der Waals surface area contributed by atoms with Gasteiger partial charge in [-0.3, -0.25) is 4.79 Å². The number of amides is 1. The zero-order valence-electron chi connectivity index (χ0n) is 11.3. The minimum absolute atomic E-state index is 0.0313. The van der Waals surface area contributed by atoms with Crippen LogP contribution in [-0.2, 0) is 20.7 Å². The Kier molecular flexibility index (Phi) is 7.32. The standard InChI is InChI=1S/C15H20NO3/c1-2-3-4-9-15(18)16-14-8-6-5-7-13(14)10-11-19-12-17/h5-8H,2-4,9-11H2,1H3,(H,16,18). The molecule has 0 aliphatic carbocycles. The second-order valence-corrected chi connectivity index (χ2v) is 4.34. The molecule has 0 aliphatic rings. The van der Waals surface area contributed by atoms with E-state index in [1.54, 1.807) is 0 Å². The van der Waals surface area contributed by atoms with Gasteiger partial charge in [0, 0.05) is 18.5 Å². The van der Waals surface area contributed by atoms with Gasteiger partial charge in [0.2, 0.25) is 5.91 Å². The zero-order valence-corrected chi connectivity index (χ0v) is 11.3. The third kappa shape index (κ3) is 6.04. The number of benzene rings is 1. The Balaban J connectivity index is 2.51. The third-order valence-corrected chi connectivity index (χ3v) is 2.83. The van der Waals surface area contributed by atoms with Crippen molar-refractivity contribution in [2.45, 2.75) is 39.0 Å². The number of anilines is 1. The molecule has 1 radical (unpaired) electrons. The van der Waals surface area contributed by atoms with Crippen LogP contribution < -0.4 is 5.32 Å².